The van der Waals surface area contributed by atoms with Crippen LogP contribution in [0.15, 0.2) is 128 Å². The van der Waals surface area contributed by atoms with Crippen molar-refractivity contribution in [3.63, 3.8) is 0 Å². The number of rotatable bonds is 3. The molecule has 1 aliphatic rings. The number of benzene rings is 4. The Balaban J connectivity index is 1.72. The zero-order chi connectivity index (χ0) is 21.8. The number of fused-ring (bicyclic) bond motifs is 3. The van der Waals surface area contributed by atoms with Gasteiger partial charge in [0.15, 0.2) is 5.69 Å². The summed E-state index contributed by atoms with van der Waals surface area (Å²) in [5.74, 6) is 0. The van der Waals surface area contributed by atoms with Crippen molar-refractivity contribution < 1.29 is 4.57 Å². The van der Waals surface area contributed by atoms with Crippen molar-refractivity contribution in [1.29, 1.82) is 0 Å². The summed E-state index contributed by atoms with van der Waals surface area (Å²) < 4.78 is 2.28. The molecule has 0 fully saturated rings. The maximum atomic E-state index is 2.29. The molecular weight excluding hydrogens is 398 g/mol. The zero-order valence-corrected chi connectivity index (χ0v) is 18.1. The summed E-state index contributed by atoms with van der Waals surface area (Å²) in [7, 11) is 0. The molecule has 0 atom stereocenters. The number of hydrogen-bond acceptors (Lipinski definition) is 0. The monoisotopic (exact) mass is 419 g/mol. The van der Waals surface area contributed by atoms with E-state index in [1.165, 1.54) is 61.0 Å². The molecule has 7 rings (SSSR count). The molecule has 0 spiro atoms. The normalized spacial score (nSPS) is 11.6. The van der Waals surface area contributed by atoms with E-state index >= 15 is 0 Å². The number of pyridine rings is 1. The quantitative estimate of drug-likeness (QED) is 0.203. The minimum absolute atomic E-state index is 1.24. The Morgan fingerprint density at radius 3 is 1.45 bits per heavy atom. The van der Waals surface area contributed by atoms with Gasteiger partial charge in [0.2, 0.25) is 0 Å². The Hall–Kier alpha value is -4.36. The first-order valence-corrected chi connectivity index (χ1v) is 11.4. The fourth-order valence-corrected chi connectivity index (χ4v) is 5.49. The lowest BCUT2D eigenvalue weighted by Crippen LogP contribution is -2.30. The molecule has 6 aromatic rings. The van der Waals surface area contributed by atoms with E-state index in [2.05, 4.69) is 132 Å². The third-order valence-corrected chi connectivity index (χ3v) is 6.77. The summed E-state index contributed by atoms with van der Waals surface area (Å²) in [4.78, 5) is 0. The molecule has 0 radical (unpaired) electrons. The molecule has 1 nitrogen and oxygen atoms in total. The van der Waals surface area contributed by atoms with Crippen LogP contribution in [-0.4, -0.2) is 0 Å². The highest BCUT2D eigenvalue weighted by atomic mass is 14.9. The molecule has 0 N–H and O–H groups in total. The zero-order valence-electron chi connectivity index (χ0n) is 18.1. The lowest BCUT2D eigenvalue weighted by molar-refractivity contribution is -0.594. The van der Waals surface area contributed by atoms with Gasteiger partial charge in [-0.2, -0.15) is 0 Å². The van der Waals surface area contributed by atoms with Crippen molar-refractivity contribution in [3.8, 4) is 50.2 Å². The molecule has 154 valence electrons. The molecule has 1 heteroatoms. The van der Waals surface area contributed by atoms with Crippen LogP contribution >= 0.6 is 0 Å². The first-order chi connectivity index (χ1) is 16.4. The molecule has 33 heavy (non-hydrogen) atoms. The molecule has 0 aliphatic heterocycles. The molecule has 0 saturated heterocycles. The highest BCUT2D eigenvalue weighted by Crippen LogP contribution is 2.58. The summed E-state index contributed by atoms with van der Waals surface area (Å²) in [6.45, 7) is 0. The fourth-order valence-electron chi connectivity index (χ4n) is 5.49. The molecular formula is C32H21N. The number of aromatic nitrogens is 1. The van der Waals surface area contributed by atoms with Gasteiger partial charge in [0.05, 0.1) is 0 Å². The van der Waals surface area contributed by atoms with Gasteiger partial charge in [-0.05, 0) is 45.2 Å². The summed E-state index contributed by atoms with van der Waals surface area (Å²) in [5.41, 5.74) is 11.7. The van der Waals surface area contributed by atoms with Crippen molar-refractivity contribution in [2.24, 2.45) is 0 Å². The topological polar surface area (TPSA) is 3.88 Å². The Labute approximate surface area is 193 Å². The summed E-state index contributed by atoms with van der Waals surface area (Å²) >= 11 is 0. The van der Waals surface area contributed by atoms with E-state index < -0.39 is 0 Å². The van der Waals surface area contributed by atoms with E-state index in [0.717, 1.165) is 0 Å². The van der Waals surface area contributed by atoms with Crippen LogP contribution in [0, 0.1) is 0 Å². The third kappa shape index (κ3) is 2.60. The average Bonchev–Trinajstić information content (AvgIpc) is 3.41. The second kappa shape index (κ2) is 7.08. The number of nitrogens with zero attached hydrogens (tertiary/aromatic N) is 1. The van der Waals surface area contributed by atoms with Gasteiger partial charge in [0, 0.05) is 0 Å². The van der Waals surface area contributed by atoms with E-state index in [1.807, 2.05) is 0 Å². The second-order valence-corrected chi connectivity index (χ2v) is 8.57. The van der Waals surface area contributed by atoms with Gasteiger partial charge in [-0.1, -0.05) is 125 Å². The minimum atomic E-state index is 1.24. The van der Waals surface area contributed by atoms with E-state index in [9.17, 15) is 0 Å². The molecule has 1 heterocycles. The predicted molar refractivity (Wildman–Crippen MR) is 136 cm³/mol. The summed E-state index contributed by atoms with van der Waals surface area (Å²) in [5, 5.41) is 2.66. The van der Waals surface area contributed by atoms with Crippen molar-refractivity contribution in [2.45, 2.75) is 0 Å². The Kier molecular flexibility index (Phi) is 3.91. The van der Waals surface area contributed by atoms with E-state index in [1.54, 1.807) is 0 Å². The molecule has 0 amide bonds. The molecule has 5 aromatic carbocycles. The van der Waals surface area contributed by atoms with Gasteiger partial charge in [0.25, 0.3) is 0 Å². The van der Waals surface area contributed by atoms with Gasteiger partial charge in [-0.3, -0.25) is 0 Å². The van der Waals surface area contributed by atoms with Gasteiger partial charge in [-0.15, -0.1) is 0 Å². The van der Waals surface area contributed by atoms with E-state index in [0.29, 0.717) is 0 Å². The van der Waals surface area contributed by atoms with Crippen LogP contribution in [0.3, 0.4) is 0 Å². The van der Waals surface area contributed by atoms with Crippen LogP contribution in [0.1, 0.15) is 0 Å². The standard InChI is InChI=1S/C32H21N/c1-4-12-23(13-5-1)28-30-25-18-10-16-22-17-11-19-26(27(22)25)31(30)29(24-14-6-2-7-15-24)32(28)33-20-8-3-9-21-33/h1-21H. The molecule has 0 bridgehead atoms. The van der Waals surface area contributed by atoms with Crippen molar-refractivity contribution >= 4 is 10.8 Å². The largest absolute Gasteiger partial charge is 0.236 e. The predicted octanol–water partition coefficient (Wildman–Crippen LogP) is 7.82. The Morgan fingerprint density at radius 1 is 0.455 bits per heavy atom. The van der Waals surface area contributed by atoms with Crippen molar-refractivity contribution in [1.82, 2.24) is 0 Å². The first-order valence-electron chi connectivity index (χ1n) is 11.4. The summed E-state index contributed by atoms with van der Waals surface area (Å²) in [6.07, 6.45) is 4.33. The smallest absolute Gasteiger partial charge is 0.161 e. The van der Waals surface area contributed by atoms with Gasteiger partial charge >= 0.3 is 0 Å². The lowest BCUT2D eigenvalue weighted by Gasteiger charge is -2.14. The SMILES string of the molecule is c1ccc(-c2c3c(c(-c4ccccc4)[c-]2-[n+]2ccccc2)-c2cccc4cccc-3c24)cc1. The Bertz CT molecular complexity index is 1530. The molecule has 0 saturated carbocycles. The highest BCUT2D eigenvalue weighted by molar-refractivity contribution is 6.24. The maximum Gasteiger partial charge on any atom is 0.161 e. The van der Waals surface area contributed by atoms with Crippen LogP contribution in [0.4, 0.5) is 0 Å². The van der Waals surface area contributed by atoms with Crippen LogP contribution < -0.4 is 4.57 Å². The highest BCUT2D eigenvalue weighted by Gasteiger charge is 2.31. The fraction of sp³-hybridized carbons (Fsp3) is 0. The maximum absolute atomic E-state index is 2.29. The summed E-state index contributed by atoms with van der Waals surface area (Å²) in [6, 6.07) is 41.4. The van der Waals surface area contributed by atoms with Crippen LogP contribution in [0.2, 0.25) is 0 Å². The van der Waals surface area contributed by atoms with Crippen LogP contribution in [-0.2, 0) is 0 Å². The Morgan fingerprint density at radius 2 is 0.939 bits per heavy atom. The van der Waals surface area contributed by atoms with Crippen molar-refractivity contribution in [3.05, 3.63) is 128 Å². The van der Waals surface area contributed by atoms with Crippen molar-refractivity contribution in [2.75, 3.05) is 0 Å². The average molecular weight is 420 g/mol. The van der Waals surface area contributed by atoms with Crippen LogP contribution in [0.5, 0.6) is 0 Å². The lowest BCUT2D eigenvalue weighted by atomic mass is 9.95. The minimum Gasteiger partial charge on any atom is -0.236 e. The third-order valence-electron chi connectivity index (χ3n) is 6.77. The van der Waals surface area contributed by atoms with Gasteiger partial charge in [0.1, 0.15) is 12.4 Å². The van der Waals surface area contributed by atoms with Gasteiger partial charge < -0.3 is 0 Å². The van der Waals surface area contributed by atoms with Gasteiger partial charge in [-0.25, -0.2) is 4.57 Å². The number of hydrogen-bond donors (Lipinski definition) is 0. The molecule has 0 unspecified atom stereocenters. The molecule has 1 aromatic heterocycles. The van der Waals surface area contributed by atoms with E-state index in [4.69, 9.17) is 0 Å². The molecule has 1 aliphatic carbocycles. The van der Waals surface area contributed by atoms with E-state index in [-0.39, 0.29) is 0 Å². The first kappa shape index (κ1) is 18.2. The second-order valence-electron chi connectivity index (χ2n) is 8.57. The van der Waals surface area contributed by atoms with Crippen LogP contribution in [0.25, 0.3) is 61.0 Å².